The fraction of sp³-hybridized carbons (Fsp3) is 0.500. The zero-order valence-electron chi connectivity index (χ0n) is 22.7. The number of hydrogen-bond acceptors (Lipinski definition) is 7. The normalized spacial score (nSPS) is 19.4. The number of nitrogens with one attached hydrogen (secondary N) is 1. The number of benzene rings is 1. The van der Waals surface area contributed by atoms with Gasteiger partial charge in [0.15, 0.2) is 0 Å². The first-order valence-electron chi connectivity index (χ1n) is 13.4. The molecule has 1 unspecified atom stereocenters. The van der Waals surface area contributed by atoms with Crippen LogP contribution < -0.4 is 9.64 Å². The number of carbonyl (C=O) groups is 1. The second kappa shape index (κ2) is 12.0. The Morgan fingerprint density at radius 2 is 2.08 bits per heavy atom. The average molecular weight is 664 g/mol. The van der Waals surface area contributed by atoms with Crippen LogP contribution in [0.25, 0.3) is 10.9 Å². The molecule has 208 valence electrons. The number of amides is 1. The summed E-state index contributed by atoms with van der Waals surface area (Å²) in [5, 5.41) is 9.29. The standard InChI is InChI=1S/C28H35ClIN7O2/c1-5-24(38)36-6-8-37(9-7-36)27-20-12-17(2)19(25-21-15-31-34-23(21)13-18(3)26(25)29)14-22(20)32-28(33-27)39-11-10-35(4)16-30/h5,13,15,17,19H,1,6-12,14,16H2,2-4H3,(H,31,34)/t17-,19?/m1/s1. The lowest BCUT2D eigenvalue weighted by Crippen LogP contribution is -2.49. The fourth-order valence-electron chi connectivity index (χ4n) is 5.67. The van der Waals surface area contributed by atoms with E-state index in [1.54, 1.807) is 0 Å². The van der Waals surface area contributed by atoms with Crippen LogP contribution in [0.5, 0.6) is 6.01 Å². The topological polar surface area (TPSA) is 90.5 Å². The van der Waals surface area contributed by atoms with Gasteiger partial charge in [-0.25, -0.2) is 0 Å². The van der Waals surface area contributed by atoms with Gasteiger partial charge in [0.1, 0.15) is 12.4 Å². The highest BCUT2D eigenvalue weighted by Crippen LogP contribution is 2.45. The Hall–Kier alpha value is -2.44. The third kappa shape index (κ3) is 5.74. The Labute approximate surface area is 248 Å². The lowest BCUT2D eigenvalue weighted by atomic mass is 9.74. The van der Waals surface area contributed by atoms with Gasteiger partial charge in [-0.1, -0.05) is 47.7 Å². The summed E-state index contributed by atoms with van der Waals surface area (Å²) in [6.07, 6.45) is 4.85. The molecule has 1 aromatic carbocycles. The van der Waals surface area contributed by atoms with E-state index in [0.717, 1.165) is 62.5 Å². The first kappa shape index (κ1) is 28.1. The highest BCUT2D eigenvalue weighted by molar-refractivity contribution is 14.1. The number of halogens is 2. The monoisotopic (exact) mass is 663 g/mol. The Kier molecular flexibility index (Phi) is 8.63. The smallest absolute Gasteiger partial charge is 0.318 e. The third-order valence-electron chi connectivity index (χ3n) is 7.92. The molecule has 1 N–H and O–H groups in total. The molecule has 3 aromatic rings. The maximum Gasteiger partial charge on any atom is 0.318 e. The van der Waals surface area contributed by atoms with E-state index >= 15 is 0 Å². The maximum atomic E-state index is 12.2. The van der Waals surface area contributed by atoms with Crippen molar-refractivity contribution in [2.24, 2.45) is 5.92 Å². The largest absolute Gasteiger partial charge is 0.462 e. The van der Waals surface area contributed by atoms with Crippen molar-refractivity contribution in [2.75, 3.05) is 55.8 Å². The van der Waals surface area contributed by atoms with Crippen molar-refractivity contribution in [2.45, 2.75) is 32.6 Å². The minimum Gasteiger partial charge on any atom is -0.462 e. The van der Waals surface area contributed by atoms with Gasteiger partial charge in [0.25, 0.3) is 0 Å². The van der Waals surface area contributed by atoms with Gasteiger partial charge in [-0.2, -0.15) is 15.1 Å². The number of alkyl halides is 1. The SMILES string of the molecule is C=CC(=O)N1CCN(c2nc(OCCN(C)CI)nc3c2C[C@@H](C)C(c2c(Cl)c(C)cc4[nH]ncc24)C3)CC1. The summed E-state index contributed by atoms with van der Waals surface area (Å²) >= 11 is 9.29. The quantitative estimate of drug-likeness (QED) is 0.166. The van der Waals surface area contributed by atoms with E-state index in [2.05, 4.69) is 69.2 Å². The molecular weight excluding hydrogens is 629 g/mol. The molecule has 2 aliphatic rings. The van der Waals surface area contributed by atoms with Crippen molar-refractivity contribution >= 4 is 56.8 Å². The number of H-pyrrole nitrogens is 1. The summed E-state index contributed by atoms with van der Waals surface area (Å²) < 4.78 is 7.03. The number of ether oxygens (including phenoxy) is 1. The molecule has 1 amide bonds. The van der Waals surface area contributed by atoms with Gasteiger partial charge in [-0.05, 0) is 61.9 Å². The van der Waals surface area contributed by atoms with Crippen LogP contribution in [0.1, 0.15) is 35.2 Å². The summed E-state index contributed by atoms with van der Waals surface area (Å²) in [5.74, 6) is 1.41. The van der Waals surface area contributed by atoms with Gasteiger partial charge in [-0.3, -0.25) is 14.8 Å². The number of fused-ring (bicyclic) bond motifs is 2. The molecule has 5 rings (SSSR count). The molecule has 1 fully saturated rings. The Morgan fingerprint density at radius 1 is 1.31 bits per heavy atom. The number of aromatic amines is 1. The molecule has 1 aliphatic heterocycles. The van der Waals surface area contributed by atoms with Gasteiger partial charge < -0.3 is 14.5 Å². The molecule has 0 bridgehead atoms. The number of piperazine rings is 1. The van der Waals surface area contributed by atoms with E-state index in [4.69, 9.17) is 26.3 Å². The van der Waals surface area contributed by atoms with Crippen LogP contribution in [0.2, 0.25) is 5.02 Å². The van der Waals surface area contributed by atoms with Crippen molar-refractivity contribution in [1.82, 2.24) is 30.0 Å². The zero-order chi connectivity index (χ0) is 27.7. The number of nitrogens with zero attached hydrogens (tertiary/aromatic N) is 6. The van der Waals surface area contributed by atoms with Crippen molar-refractivity contribution in [1.29, 1.82) is 0 Å². The molecule has 9 nitrogen and oxygen atoms in total. The van der Waals surface area contributed by atoms with Gasteiger partial charge in [0.05, 0.1) is 22.0 Å². The number of carbonyl (C=O) groups excluding carboxylic acids is 1. The van der Waals surface area contributed by atoms with Crippen molar-refractivity contribution in [3.63, 3.8) is 0 Å². The van der Waals surface area contributed by atoms with Gasteiger partial charge in [-0.15, -0.1) is 0 Å². The molecular formula is C28H35ClIN7O2. The number of likely N-dealkylation sites (N-methyl/N-ethyl adjacent to an activating group) is 1. The van der Waals surface area contributed by atoms with Gasteiger partial charge in [0.2, 0.25) is 5.91 Å². The fourth-order valence-corrected chi connectivity index (χ4v) is 6.31. The molecule has 39 heavy (non-hydrogen) atoms. The van der Waals surface area contributed by atoms with Crippen LogP contribution in [0.15, 0.2) is 24.9 Å². The number of anilines is 1. The molecule has 2 atom stereocenters. The molecule has 1 saturated heterocycles. The van der Waals surface area contributed by atoms with E-state index in [-0.39, 0.29) is 11.8 Å². The highest BCUT2D eigenvalue weighted by Gasteiger charge is 2.35. The Morgan fingerprint density at radius 3 is 2.79 bits per heavy atom. The molecule has 0 spiro atoms. The minimum atomic E-state index is -0.0279. The summed E-state index contributed by atoms with van der Waals surface area (Å²) in [7, 11) is 2.06. The predicted octanol–water partition coefficient (Wildman–Crippen LogP) is 4.37. The number of aryl methyl sites for hydroxylation is 1. The Balaban J connectivity index is 1.49. The summed E-state index contributed by atoms with van der Waals surface area (Å²) in [6, 6.07) is 2.47. The minimum absolute atomic E-state index is 0.0279. The van der Waals surface area contributed by atoms with Crippen LogP contribution in [-0.4, -0.2) is 86.8 Å². The van der Waals surface area contributed by atoms with Crippen molar-refractivity contribution in [3.05, 3.63) is 52.3 Å². The van der Waals surface area contributed by atoms with Crippen LogP contribution in [0.4, 0.5) is 5.82 Å². The predicted molar refractivity (Wildman–Crippen MR) is 163 cm³/mol. The second-order valence-corrected chi connectivity index (χ2v) is 11.6. The maximum absolute atomic E-state index is 12.2. The first-order valence-corrected chi connectivity index (χ1v) is 15.3. The van der Waals surface area contributed by atoms with Crippen molar-refractivity contribution < 1.29 is 9.53 Å². The Bertz CT molecular complexity index is 1370. The van der Waals surface area contributed by atoms with E-state index in [0.29, 0.717) is 44.7 Å². The van der Waals surface area contributed by atoms with E-state index in [9.17, 15) is 4.79 Å². The number of rotatable bonds is 8. The van der Waals surface area contributed by atoms with Gasteiger partial charge in [0, 0.05) is 48.7 Å². The summed E-state index contributed by atoms with van der Waals surface area (Å²) in [6.45, 7) is 11.9. The molecule has 0 radical (unpaired) electrons. The van der Waals surface area contributed by atoms with Crippen LogP contribution in [0, 0.1) is 12.8 Å². The number of aromatic nitrogens is 4. The summed E-state index contributed by atoms with van der Waals surface area (Å²) in [4.78, 5) is 28.3. The molecule has 0 saturated carbocycles. The van der Waals surface area contributed by atoms with E-state index < -0.39 is 0 Å². The number of hydrogen-bond donors (Lipinski definition) is 1. The zero-order valence-corrected chi connectivity index (χ0v) is 25.6. The molecule has 2 aromatic heterocycles. The van der Waals surface area contributed by atoms with Crippen molar-refractivity contribution in [3.8, 4) is 6.01 Å². The third-order valence-corrected chi connectivity index (χ3v) is 9.59. The van der Waals surface area contributed by atoms with E-state index in [1.807, 2.05) is 18.0 Å². The first-order chi connectivity index (χ1) is 18.8. The lowest BCUT2D eigenvalue weighted by Gasteiger charge is -2.38. The lowest BCUT2D eigenvalue weighted by molar-refractivity contribution is -0.126. The van der Waals surface area contributed by atoms with Crippen LogP contribution >= 0.6 is 34.2 Å². The highest BCUT2D eigenvalue weighted by atomic mass is 127. The van der Waals surface area contributed by atoms with E-state index in [1.165, 1.54) is 11.6 Å². The molecule has 11 heteroatoms. The molecule has 1 aliphatic carbocycles. The van der Waals surface area contributed by atoms with Gasteiger partial charge >= 0.3 is 6.01 Å². The molecule has 3 heterocycles. The second-order valence-electron chi connectivity index (χ2n) is 10.6. The summed E-state index contributed by atoms with van der Waals surface area (Å²) in [5.41, 5.74) is 5.37. The average Bonchev–Trinajstić information content (AvgIpc) is 3.40. The van der Waals surface area contributed by atoms with Crippen LogP contribution in [0.3, 0.4) is 0 Å². The van der Waals surface area contributed by atoms with Crippen LogP contribution in [-0.2, 0) is 17.6 Å².